The fourth-order valence-electron chi connectivity index (χ4n) is 3.00. The van der Waals surface area contributed by atoms with Gasteiger partial charge in [-0.3, -0.25) is 25.4 Å². The number of sulfonamides is 1. The molecular formula is C19H22N4O5S. The summed E-state index contributed by atoms with van der Waals surface area (Å²) in [5, 5.41) is 0. The molecule has 0 saturated carbocycles. The number of pyridine rings is 1. The normalized spacial score (nSPS) is 20.1. The Balaban J connectivity index is 1.64. The van der Waals surface area contributed by atoms with Crippen LogP contribution in [0.15, 0.2) is 53.6 Å². The summed E-state index contributed by atoms with van der Waals surface area (Å²) < 4.78 is 32.6. The van der Waals surface area contributed by atoms with Crippen LogP contribution in [0.25, 0.3) is 0 Å². The van der Waals surface area contributed by atoms with Gasteiger partial charge in [-0.1, -0.05) is 6.07 Å². The number of aromatic nitrogens is 1. The minimum Gasteiger partial charge on any atom is -0.373 e. The van der Waals surface area contributed by atoms with Gasteiger partial charge in [0.1, 0.15) is 5.69 Å². The zero-order valence-corrected chi connectivity index (χ0v) is 16.8. The Labute approximate surface area is 169 Å². The van der Waals surface area contributed by atoms with Gasteiger partial charge in [0.2, 0.25) is 10.0 Å². The summed E-state index contributed by atoms with van der Waals surface area (Å²) in [6.45, 7) is 4.19. The molecule has 1 aliphatic rings. The van der Waals surface area contributed by atoms with E-state index < -0.39 is 21.8 Å². The predicted molar refractivity (Wildman–Crippen MR) is 104 cm³/mol. The van der Waals surface area contributed by atoms with Gasteiger partial charge in [-0.25, -0.2) is 8.42 Å². The van der Waals surface area contributed by atoms with E-state index in [1.165, 1.54) is 40.8 Å². The van der Waals surface area contributed by atoms with Crippen molar-refractivity contribution in [2.45, 2.75) is 31.0 Å². The predicted octanol–water partition coefficient (Wildman–Crippen LogP) is 0.954. The second kappa shape index (κ2) is 8.68. The molecule has 2 atom stereocenters. The van der Waals surface area contributed by atoms with E-state index in [1.807, 2.05) is 13.8 Å². The molecule has 1 aromatic heterocycles. The van der Waals surface area contributed by atoms with E-state index in [4.69, 9.17) is 4.74 Å². The number of hydrogen-bond acceptors (Lipinski definition) is 6. The molecule has 1 aromatic carbocycles. The van der Waals surface area contributed by atoms with E-state index in [-0.39, 0.29) is 41.5 Å². The molecule has 9 nitrogen and oxygen atoms in total. The van der Waals surface area contributed by atoms with Gasteiger partial charge in [-0.2, -0.15) is 4.31 Å². The quantitative estimate of drug-likeness (QED) is 0.714. The first-order valence-corrected chi connectivity index (χ1v) is 10.5. The summed E-state index contributed by atoms with van der Waals surface area (Å²) in [5.41, 5.74) is 4.90. The van der Waals surface area contributed by atoms with Gasteiger partial charge >= 0.3 is 0 Å². The average molecular weight is 418 g/mol. The number of ether oxygens (including phenoxy) is 1. The lowest BCUT2D eigenvalue weighted by Crippen LogP contribution is -2.48. The van der Waals surface area contributed by atoms with Gasteiger partial charge in [-0.05, 0) is 50.2 Å². The number of carbonyl (C=O) groups excluding carboxylic acids is 2. The zero-order chi connectivity index (χ0) is 21.0. The van der Waals surface area contributed by atoms with E-state index in [1.54, 1.807) is 12.1 Å². The van der Waals surface area contributed by atoms with Crippen LogP contribution in [0.3, 0.4) is 0 Å². The number of hydrazine groups is 1. The van der Waals surface area contributed by atoms with Gasteiger partial charge < -0.3 is 4.74 Å². The molecule has 2 aromatic rings. The standard InChI is InChI=1S/C19H22N4O5S/c1-13-11-23(12-14(2)28-13)29(26,27)16-8-6-15(7-9-16)18(24)21-22-19(25)17-5-3-4-10-20-17/h3-10,13-14H,11-12H2,1-2H3,(H,21,24)(H,22,25)/t13-,14-/m0/s1. The minimum atomic E-state index is -3.69. The maximum Gasteiger partial charge on any atom is 0.288 e. The molecule has 1 fully saturated rings. The molecule has 0 bridgehead atoms. The molecule has 154 valence electrons. The number of amides is 2. The number of hydrogen-bond donors (Lipinski definition) is 2. The Morgan fingerprint density at radius 3 is 2.21 bits per heavy atom. The molecule has 1 saturated heterocycles. The van der Waals surface area contributed by atoms with Crippen molar-refractivity contribution in [3.8, 4) is 0 Å². The molecule has 2 N–H and O–H groups in total. The van der Waals surface area contributed by atoms with Crippen molar-refractivity contribution in [1.29, 1.82) is 0 Å². The van der Waals surface area contributed by atoms with Crippen LogP contribution in [0, 0.1) is 0 Å². The first kappa shape index (κ1) is 20.9. The molecule has 3 rings (SSSR count). The number of rotatable bonds is 4. The van der Waals surface area contributed by atoms with Crippen molar-refractivity contribution in [3.05, 3.63) is 59.9 Å². The molecule has 2 heterocycles. The van der Waals surface area contributed by atoms with Gasteiger partial charge in [0, 0.05) is 24.8 Å². The Morgan fingerprint density at radius 2 is 1.62 bits per heavy atom. The summed E-state index contributed by atoms with van der Waals surface area (Å²) >= 11 is 0. The summed E-state index contributed by atoms with van der Waals surface area (Å²) in [7, 11) is -3.69. The number of carbonyl (C=O) groups is 2. The first-order valence-electron chi connectivity index (χ1n) is 9.05. The fraction of sp³-hybridized carbons (Fsp3) is 0.316. The Hall–Kier alpha value is -2.82. The van der Waals surface area contributed by atoms with Crippen molar-refractivity contribution < 1.29 is 22.7 Å². The highest BCUT2D eigenvalue weighted by Crippen LogP contribution is 2.21. The molecule has 0 radical (unpaired) electrons. The van der Waals surface area contributed by atoms with Gasteiger partial charge in [0.05, 0.1) is 17.1 Å². The zero-order valence-electron chi connectivity index (χ0n) is 16.0. The summed E-state index contributed by atoms with van der Waals surface area (Å²) in [4.78, 5) is 28.1. The Bertz CT molecular complexity index is 969. The second-order valence-electron chi connectivity index (χ2n) is 6.73. The third-order valence-electron chi connectivity index (χ3n) is 4.33. The van der Waals surface area contributed by atoms with Crippen LogP contribution < -0.4 is 10.9 Å². The van der Waals surface area contributed by atoms with E-state index in [9.17, 15) is 18.0 Å². The van der Waals surface area contributed by atoms with Gasteiger partial charge in [0.15, 0.2) is 0 Å². The van der Waals surface area contributed by atoms with E-state index in [0.29, 0.717) is 0 Å². The highest BCUT2D eigenvalue weighted by Gasteiger charge is 2.32. The maximum absolute atomic E-state index is 12.8. The van der Waals surface area contributed by atoms with Crippen molar-refractivity contribution >= 4 is 21.8 Å². The smallest absolute Gasteiger partial charge is 0.288 e. The number of morpholine rings is 1. The van der Waals surface area contributed by atoms with E-state index >= 15 is 0 Å². The molecule has 2 amide bonds. The largest absolute Gasteiger partial charge is 0.373 e. The van der Waals surface area contributed by atoms with Crippen molar-refractivity contribution in [2.75, 3.05) is 13.1 Å². The molecule has 1 aliphatic heterocycles. The highest BCUT2D eigenvalue weighted by atomic mass is 32.2. The van der Waals surface area contributed by atoms with Crippen LogP contribution in [0.4, 0.5) is 0 Å². The summed E-state index contributed by atoms with van der Waals surface area (Å²) in [5.74, 6) is -1.14. The second-order valence-corrected chi connectivity index (χ2v) is 8.66. The fourth-order valence-corrected chi connectivity index (χ4v) is 4.59. The van der Waals surface area contributed by atoms with Crippen LogP contribution in [-0.4, -0.2) is 54.8 Å². The third kappa shape index (κ3) is 4.97. The Kier molecular flexibility index (Phi) is 6.26. The molecule has 29 heavy (non-hydrogen) atoms. The molecule has 0 aliphatic carbocycles. The van der Waals surface area contributed by atoms with Gasteiger partial charge in [-0.15, -0.1) is 0 Å². The number of benzene rings is 1. The van der Waals surface area contributed by atoms with E-state index in [2.05, 4.69) is 15.8 Å². The van der Waals surface area contributed by atoms with Crippen LogP contribution in [0.1, 0.15) is 34.7 Å². The molecule has 10 heteroatoms. The number of nitrogens with one attached hydrogen (secondary N) is 2. The third-order valence-corrected chi connectivity index (χ3v) is 6.17. The SMILES string of the molecule is C[C@H]1CN(S(=O)(=O)c2ccc(C(=O)NNC(=O)c3ccccn3)cc2)C[C@H](C)O1. The lowest BCUT2D eigenvalue weighted by atomic mass is 10.2. The lowest BCUT2D eigenvalue weighted by molar-refractivity contribution is -0.0440. The van der Waals surface area contributed by atoms with Crippen LogP contribution in [0.2, 0.25) is 0 Å². The summed E-state index contributed by atoms with van der Waals surface area (Å²) in [6, 6.07) is 10.4. The Morgan fingerprint density at radius 1 is 1.00 bits per heavy atom. The molecule has 0 unspecified atom stereocenters. The monoisotopic (exact) mass is 418 g/mol. The first-order chi connectivity index (χ1) is 13.8. The maximum atomic E-state index is 12.8. The topological polar surface area (TPSA) is 118 Å². The average Bonchev–Trinajstić information content (AvgIpc) is 2.71. The summed E-state index contributed by atoms with van der Waals surface area (Å²) in [6.07, 6.45) is 1.08. The highest BCUT2D eigenvalue weighted by molar-refractivity contribution is 7.89. The van der Waals surface area contributed by atoms with Crippen LogP contribution in [0.5, 0.6) is 0 Å². The van der Waals surface area contributed by atoms with Crippen molar-refractivity contribution in [3.63, 3.8) is 0 Å². The molecule has 0 spiro atoms. The lowest BCUT2D eigenvalue weighted by Gasteiger charge is -2.34. The van der Waals surface area contributed by atoms with E-state index in [0.717, 1.165) is 0 Å². The van der Waals surface area contributed by atoms with Crippen molar-refractivity contribution in [2.24, 2.45) is 0 Å². The minimum absolute atomic E-state index is 0.0906. The molecular weight excluding hydrogens is 396 g/mol. The van der Waals surface area contributed by atoms with Crippen LogP contribution >= 0.6 is 0 Å². The number of nitrogens with zero attached hydrogens (tertiary/aromatic N) is 2. The van der Waals surface area contributed by atoms with Gasteiger partial charge in [0.25, 0.3) is 11.8 Å². The van der Waals surface area contributed by atoms with Crippen LogP contribution in [-0.2, 0) is 14.8 Å². The van der Waals surface area contributed by atoms with Crippen molar-refractivity contribution in [1.82, 2.24) is 20.1 Å².